The van der Waals surface area contributed by atoms with Gasteiger partial charge in [-0.15, -0.1) is 0 Å². The van der Waals surface area contributed by atoms with Gasteiger partial charge in [0.25, 0.3) is 0 Å². The summed E-state index contributed by atoms with van der Waals surface area (Å²) in [6, 6.07) is 0. The number of allylic oxidation sites excluding steroid dienone is 8. The SMILES string of the molecule is CCC/C=C\CCCCCCCC(=O)OCC(COC(=O)CCCCCCCCCCC/C=C\C/C=C\CCCCCCC)OC(=O)CCCCCCC/C=C\CCCCCC. The number of carbonyl (C=O) groups excluding carboxylic acids is 3. The van der Waals surface area contributed by atoms with Crippen molar-refractivity contribution in [1.29, 1.82) is 0 Å². The molecule has 0 aromatic carbocycles. The maximum Gasteiger partial charge on any atom is 0.306 e. The van der Waals surface area contributed by atoms with Crippen LogP contribution in [-0.4, -0.2) is 37.2 Å². The highest BCUT2D eigenvalue weighted by Gasteiger charge is 2.19. The Hall–Kier alpha value is -2.63. The fraction of sp³-hybridized carbons (Fsp3) is 0.804. The second-order valence-corrected chi connectivity index (χ2v) is 17.8. The summed E-state index contributed by atoms with van der Waals surface area (Å²) in [5, 5.41) is 0. The minimum absolute atomic E-state index is 0.0806. The Labute approximate surface area is 384 Å². The van der Waals surface area contributed by atoms with Gasteiger partial charge in [0, 0.05) is 19.3 Å². The Balaban J connectivity index is 4.28. The lowest BCUT2D eigenvalue weighted by Gasteiger charge is -2.18. The zero-order valence-electron chi connectivity index (χ0n) is 41.1. The number of ether oxygens (including phenoxy) is 3. The van der Waals surface area contributed by atoms with Crippen LogP contribution < -0.4 is 0 Å². The van der Waals surface area contributed by atoms with Gasteiger partial charge in [0.05, 0.1) is 0 Å². The number of hydrogen-bond acceptors (Lipinski definition) is 6. The first-order valence-electron chi connectivity index (χ1n) is 26.6. The van der Waals surface area contributed by atoms with E-state index in [9.17, 15) is 14.4 Å². The van der Waals surface area contributed by atoms with E-state index in [-0.39, 0.29) is 31.1 Å². The first-order chi connectivity index (χ1) is 30.5. The largest absolute Gasteiger partial charge is 0.462 e. The van der Waals surface area contributed by atoms with E-state index in [1.165, 1.54) is 141 Å². The molecule has 6 nitrogen and oxygen atoms in total. The van der Waals surface area contributed by atoms with Gasteiger partial charge in [0.1, 0.15) is 13.2 Å². The van der Waals surface area contributed by atoms with Crippen molar-refractivity contribution in [1.82, 2.24) is 0 Å². The Bertz CT molecular complexity index is 1090. The molecule has 62 heavy (non-hydrogen) atoms. The van der Waals surface area contributed by atoms with Crippen LogP contribution in [-0.2, 0) is 28.6 Å². The van der Waals surface area contributed by atoms with Crippen molar-refractivity contribution in [2.75, 3.05) is 13.2 Å². The van der Waals surface area contributed by atoms with Gasteiger partial charge in [-0.1, -0.05) is 204 Å². The van der Waals surface area contributed by atoms with Crippen LogP contribution in [0.25, 0.3) is 0 Å². The molecule has 0 aromatic rings. The number of carbonyl (C=O) groups is 3. The molecule has 0 bridgehead atoms. The Morgan fingerprint density at radius 3 is 0.984 bits per heavy atom. The summed E-state index contributed by atoms with van der Waals surface area (Å²) < 4.78 is 16.8. The van der Waals surface area contributed by atoms with Gasteiger partial charge >= 0.3 is 17.9 Å². The maximum atomic E-state index is 12.8. The van der Waals surface area contributed by atoms with Gasteiger partial charge in [-0.05, 0) is 96.3 Å². The molecule has 1 atom stereocenters. The van der Waals surface area contributed by atoms with Crippen molar-refractivity contribution in [3.63, 3.8) is 0 Å². The normalized spacial score (nSPS) is 12.4. The van der Waals surface area contributed by atoms with Crippen molar-refractivity contribution >= 4 is 17.9 Å². The van der Waals surface area contributed by atoms with E-state index in [0.717, 1.165) is 89.9 Å². The monoisotopic (exact) mass is 869 g/mol. The minimum atomic E-state index is -0.780. The zero-order valence-corrected chi connectivity index (χ0v) is 41.1. The van der Waals surface area contributed by atoms with Crippen LogP contribution in [0.1, 0.15) is 271 Å². The van der Waals surface area contributed by atoms with Gasteiger partial charge in [-0.2, -0.15) is 0 Å². The van der Waals surface area contributed by atoms with Crippen LogP contribution in [0.3, 0.4) is 0 Å². The maximum absolute atomic E-state index is 12.8. The van der Waals surface area contributed by atoms with Crippen molar-refractivity contribution in [3.8, 4) is 0 Å². The van der Waals surface area contributed by atoms with Crippen molar-refractivity contribution in [2.45, 2.75) is 277 Å². The van der Waals surface area contributed by atoms with Gasteiger partial charge in [-0.3, -0.25) is 14.4 Å². The highest BCUT2D eigenvalue weighted by molar-refractivity contribution is 5.71. The third-order valence-electron chi connectivity index (χ3n) is 11.5. The molecule has 0 amide bonds. The van der Waals surface area contributed by atoms with Crippen LogP contribution in [0.4, 0.5) is 0 Å². The van der Waals surface area contributed by atoms with Crippen LogP contribution in [0.15, 0.2) is 48.6 Å². The van der Waals surface area contributed by atoms with E-state index in [0.29, 0.717) is 19.3 Å². The highest BCUT2D eigenvalue weighted by Crippen LogP contribution is 2.15. The zero-order chi connectivity index (χ0) is 45.1. The third-order valence-corrected chi connectivity index (χ3v) is 11.5. The first-order valence-corrected chi connectivity index (χ1v) is 26.6. The summed E-state index contributed by atoms with van der Waals surface area (Å²) in [5.41, 5.74) is 0. The molecule has 0 aromatic heterocycles. The molecular weight excluding hydrogens is 769 g/mol. The summed E-state index contributed by atoms with van der Waals surface area (Å²) in [4.78, 5) is 37.9. The summed E-state index contributed by atoms with van der Waals surface area (Å²) in [7, 11) is 0. The molecule has 0 N–H and O–H groups in total. The van der Waals surface area contributed by atoms with Gasteiger partial charge in [-0.25, -0.2) is 0 Å². The van der Waals surface area contributed by atoms with E-state index in [2.05, 4.69) is 69.4 Å². The smallest absolute Gasteiger partial charge is 0.306 e. The van der Waals surface area contributed by atoms with Crippen LogP contribution in [0.2, 0.25) is 0 Å². The lowest BCUT2D eigenvalue weighted by atomic mass is 10.1. The summed E-state index contributed by atoms with van der Waals surface area (Å²) in [6.07, 6.45) is 61.0. The Morgan fingerprint density at radius 1 is 0.323 bits per heavy atom. The predicted molar refractivity (Wildman–Crippen MR) is 265 cm³/mol. The van der Waals surface area contributed by atoms with Gasteiger partial charge in [0.2, 0.25) is 0 Å². The molecule has 0 radical (unpaired) electrons. The standard InChI is InChI=1S/C56H100O6/c1-4-7-10-13-16-19-22-24-25-26-27-28-29-30-31-33-34-37-40-43-46-49-55(58)61-52-53(51-60-54(57)48-45-42-39-36-21-18-15-12-9-6-3)62-56(59)50-47-44-41-38-35-32-23-20-17-14-11-8-5-2/h12,15,20,22-24,26-27,53H,4-11,13-14,16-19,21,25,28-52H2,1-3H3/b15-12-,23-20-,24-22-,27-26-. The fourth-order valence-electron chi connectivity index (χ4n) is 7.47. The average Bonchev–Trinajstić information content (AvgIpc) is 3.27. The summed E-state index contributed by atoms with van der Waals surface area (Å²) in [6.45, 7) is 6.54. The van der Waals surface area contributed by atoms with Crippen molar-refractivity contribution in [2.24, 2.45) is 0 Å². The second kappa shape index (κ2) is 51.0. The van der Waals surface area contributed by atoms with E-state index in [1.807, 2.05) is 0 Å². The molecule has 6 heteroatoms. The molecule has 0 spiro atoms. The number of esters is 3. The van der Waals surface area contributed by atoms with Crippen molar-refractivity contribution in [3.05, 3.63) is 48.6 Å². The minimum Gasteiger partial charge on any atom is -0.462 e. The number of unbranched alkanes of at least 4 members (excludes halogenated alkanes) is 29. The molecule has 0 rings (SSSR count). The fourth-order valence-corrected chi connectivity index (χ4v) is 7.47. The number of hydrogen-bond donors (Lipinski definition) is 0. The third kappa shape index (κ3) is 48.4. The van der Waals surface area contributed by atoms with Crippen LogP contribution >= 0.6 is 0 Å². The molecule has 0 heterocycles. The van der Waals surface area contributed by atoms with E-state index >= 15 is 0 Å². The Morgan fingerprint density at radius 2 is 0.613 bits per heavy atom. The van der Waals surface area contributed by atoms with Gasteiger partial charge < -0.3 is 14.2 Å². The molecule has 0 saturated heterocycles. The molecule has 0 saturated carbocycles. The highest BCUT2D eigenvalue weighted by atomic mass is 16.6. The summed E-state index contributed by atoms with van der Waals surface area (Å²) in [5.74, 6) is -0.898. The molecular formula is C56H100O6. The van der Waals surface area contributed by atoms with Crippen LogP contribution in [0.5, 0.6) is 0 Å². The molecule has 0 aliphatic rings. The molecule has 0 aliphatic heterocycles. The lowest BCUT2D eigenvalue weighted by molar-refractivity contribution is -0.167. The second-order valence-electron chi connectivity index (χ2n) is 17.8. The molecule has 360 valence electrons. The van der Waals surface area contributed by atoms with Gasteiger partial charge in [0.15, 0.2) is 6.10 Å². The Kier molecular flexibility index (Phi) is 48.8. The predicted octanol–water partition coefficient (Wildman–Crippen LogP) is 17.5. The topological polar surface area (TPSA) is 78.9 Å². The van der Waals surface area contributed by atoms with Crippen molar-refractivity contribution < 1.29 is 28.6 Å². The lowest BCUT2D eigenvalue weighted by Crippen LogP contribution is -2.30. The molecule has 0 fully saturated rings. The first kappa shape index (κ1) is 59.4. The van der Waals surface area contributed by atoms with E-state index in [4.69, 9.17) is 14.2 Å². The average molecular weight is 869 g/mol. The summed E-state index contributed by atoms with van der Waals surface area (Å²) >= 11 is 0. The van der Waals surface area contributed by atoms with Crippen LogP contribution in [0, 0.1) is 0 Å². The quantitative estimate of drug-likeness (QED) is 0.0262. The molecule has 1 unspecified atom stereocenters. The number of rotatable bonds is 48. The molecule has 0 aliphatic carbocycles. The van der Waals surface area contributed by atoms with E-state index < -0.39 is 6.10 Å². The van der Waals surface area contributed by atoms with E-state index in [1.54, 1.807) is 0 Å².